The Morgan fingerprint density at radius 2 is 1.59 bits per heavy atom. The largest absolute Gasteiger partial charge is 0.489 e. The van der Waals surface area contributed by atoms with Crippen molar-refractivity contribution in [2.24, 2.45) is 0 Å². The molecule has 0 saturated heterocycles. The Bertz CT molecular complexity index is 969. The first-order valence-corrected chi connectivity index (χ1v) is 9.94. The molecule has 1 heterocycles. The summed E-state index contributed by atoms with van der Waals surface area (Å²) in [7, 11) is 0. The van der Waals surface area contributed by atoms with Crippen molar-refractivity contribution in [1.82, 2.24) is 0 Å². The van der Waals surface area contributed by atoms with Crippen LogP contribution >= 0.6 is 0 Å². The van der Waals surface area contributed by atoms with Gasteiger partial charge in [-0.3, -0.25) is 4.79 Å². The maximum absolute atomic E-state index is 12.1. The topological polar surface area (TPSA) is 38.8 Å². The third-order valence-corrected chi connectivity index (χ3v) is 5.23. The van der Waals surface area contributed by atoms with E-state index < -0.39 is 0 Å². The molecule has 1 aliphatic rings. The molecule has 2 atom stereocenters. The van der Waals surface area contributed by atoms with Gasteiger partial charge in [-0.25, -0.2) is 0 Å². The standard InChI is InChI=1S/C25H25NO3/c1-18-16-25(23-10-6-7-11-24(23)26(18)19(2)27)29-22-14-12-21(13-15-22)28-17-20-8-4-3-5-9-20/h3-15,18,25H,16-17H2,1-2H3/t18-,25+/m1/s1. The molecule has 4 rings (SSSR count). The van der Waals surface area contributed by atoms with E-state index in [1.165, 1.54) is 0 Å². The average molecular weight is 387 g/mol. The van der Waals surface area contributed by atoms with Gasteiger partial charge in [-0.2, -0.15) is 0 Å². The molecule has 0 aliphatic carbocycles. The summed E-state index contributed by atoms with van der Waals surface area (Å²) < 4.78 is 12.2. The zero-order valence-corrected chi connectivity index (χ0v) is 16.7. The van der Waals surface area contributed by atoms with Crippen LogP contribution in [-0.2, 0) is 11.4 Å². The van der Waals surface area contributed by atoms with Gasteiger partial charge in [0, 0.05) is 24.9 Å². The van der Waals surface area contributed by atoms with Gasteiger partial charge in [0.05, 0.1) is 5.69 Å². The van der Waals surface area contributed by atoms with Crippen molar-refractivity contribution in [1.29, 1.82) is 0 Å². The highest BCUT2D eigenvalue weighted by atomic mass is 16.5. The van der Waals surface area contributed by atoms with Gasteiger partial charge in [0.25, 0.3) is 0 Å². The second kappa shape index (κ2) is 8.39. The lowest BCUT2D eigenvalue weighted by molar-refractivity contribution is -0.117. The van der Waals surface area contributed by atoms with Gasteiger partial charge < -0.3 is 14.4 Å². The van der Waals surface area contributed by atoms with E-state index in [2.05, 4.69) is 6.92 Å². The summed E-state index contributed by atoms with van der Waals surface area (Å²) in [6.45, 7) is 4.21. The predicted octanol–water partition coefficient (Wildman–Crippen LogP) is 5.53. The van der Waals surface area contributed by atoms with Crippen LogP contribution in [0.5, 0.6) is 11.5 Å². The van der Waals surface area contributed by atoms with Crippen LogP contribution in [-0.4, -0.2) is 11.9 Å². The van der Waals surface area contributed by atoms with Gasteiger partial charge >= 0.3 is 0 Å². The van der Waals surface area contributed by atoms with Gasteiger partial charge in [0.2, 0.25) is 5.91 Å². The minimum Gasteiger partial charge on any atom is -0.489 e. The Labute approximate surface area is 171 Å². The Kier molecular flexibility index (Phi) is 5.52. The number of benzene rings is 3. The zero-order valence-electron chi connectivity index (χ0n) is 16.7. The van der Waals surface area contributed by atoms with E-state index in [0.717, 1.165) is 34.7 Å². The summed E-state index contributed by atoms with van der Waals surface area (Å²) >= 11 is 0. The lowest BCUT2D eigenvalue weighted by atomic mass is 9.93. The number of ether oxygens (including phenoxy) is 2. The number of fused-ring (bicyclic) bond motifs is 1. The second-order valence-electron chi connectivity index (χ2n) is 7.38. The number of hydrogen-bond acceptors (Lipinski definition) is 3. The zero-order chi connectivity index (χ0) is 20.2. The highest BCUT2D eigenvalue weighted by Crippen LogP contribution is 2.39. The molecule has 0 unspecified atom stereocenters. The number of rotatable bonds is 5. The monoisotopic (exact) mass is 387 g/mol. The van der Waals surface area contributed by atoms with Crippen LogP contribution in [0.3, 0.4) is 0 Å². The smallest absolute Gasteiger partial charge is 0.224 e. The lowest BCUT2D eigenvalue weighted by Crippen LogP contribution is -2.42. The van der Waals surface area contributed by atoms with Crippen LogP contribution in [0.4, 0.5) is 5.69 Å². The minimum absolute atomic E-state index is 0.0586. The van der Waals surface area contributed by atoms with Crippen LogP contribution in [0.2, 0.25) is 0 Å². The summed E-state index contributed by atoms with van der Waals surface area (Å²) in [5, 5.41) is 0. The summed E-state index contributed by atoms with van der Waals surface area (Å²) in [4.78, 5) is 14.0. The molecule has 3 aromatic carbocycles. The Morgan fingerprint density at radius 3 is 2.31 bits per heavy atom. The van der Waals surface area contributed by atoms with Gasteiger partial charge in [-0.05, 0) is 42.8 Å². The minimum atomic E-state index is -0.0899. The van der Waals surface area contributed by atoms with E-state index in [4.69, 9.17) is 9.47 Å². The molecular formula is C25H25NO3. The molecule has 0 saturated carbocycles. The maximum Gasteiger partial charge on any atom is 0.224 e. The van der Waals surface area contributed by atoms with Crippen molar-refractivity contribution in [2.45, 2.75) is 39.0 Å². The highest BCUT2D eigenvalue weighted by molar-refractivity contribution is 5.93. The van der Waals surface area contributed by atoms with Crippen molar-refractivity contribution >= 4 is 11.6 Å². The molecule has 0 spiro atoms. The third kappa shape index (κ3) is 4.27. The molecule has 4 nitrogen and oxygen atoms in total. The van der Waals surface area contributed by atoms with Gasteiger partial charge in [0.15, 0.2) is 0 Å². The van der Waals surface area contributed by atoms with Gasteiger partial charge in [-0.15, -0.1) is 0 Å². The predicted molar refractivity (Wildman–Crippen MR) is 114 cm³/mol. The number of anilines is 1. The quantitative estimate of drug-likeness (QED) is 0.578. The number of carbonyl (C=O) groups is 1. The first-order valence-electron chi connectivity index (χ1n) is 9.94. The van der Waals surface area contributed by atoms with Gasteiger partial charge in [0.1, 0.15) is 24.2 Å². The van der Waals surface area contributed by atoms with Crippen molar-refractivity contribution in [2.75, 3.05) is 4.90 Å². The van der Waals surface area contributed by atoms with Crippen LogP contribution in [0, 0.1) is 0 Å². The SMILES string of the molecule is CC(=O)N1c2ccccc2[C@@H](Oc2ccc(OCc3ccccc3)cc2)C[C@H]1C. The van der Waals surface area contributed by atoms with Crippen molar-refractivity contribution in [3.63, 3.8) is 0 Å². The van der Waals surface area contributed by atoms with Crippen LogP contribution in [0.25, 0.3) is 0 Å². The fourth-order valence-electron chi connectivity index (χ4n) is 3.87. The lowest BCUT2D eigenvalue weighted by Gasteiger charge is -2.38. The maximum atomic E-state index is 12.1. The normalized spacial score (nSPS) is 18.1. The molecule has 1 aliphatic heterocycles. The van der Waals surface area contributed by atoms with Crippen molar-refractivity contribution < 1.29 is 14.3 Å². The molecule has 3 aromatic rings. The molecule has 0 aromatic heterocycles. The average Bonchev–Trinajstić information content (AvgIpc) is 2.74. The fourth-order valence-corrected chi connectivity index (χ4v) is 3.87. The molecule has 0 N–H and O–H groups in total. The molecule has 0 radical (unpaired) electrons. The van der Waals surface area contributed by atoms with E-state index in [0.29, 0.717) is 6.61 Å². The van der Waals surface area contributed by atoms with E-state index >= 15 is 0 Å². The van der Waals surface area contributed by atoms with Crippen LogP contribution in [0.15, 0.2) is 78.9 Å². The highest BCUT2D eigenvalue weighted by Gasteiger charge is 2.33. The van der Waals surface area contributed by atoms with Gasteiger partial charge in [-0.1, -0.05) is 48.5 Å². The Balaban J connectivity index is 1.46. The number of hydrogen-bond donors (Lipinski definition) is 0. The first kappa shape index (κ1) is 19.1. The summed E-state index contributed by atoms with van der Waals surface area (Å²) in [6, 6.07) is 25.9. The van der Waals surface area contributed by atoms with Crippen molar-refractivity contribution in [3.8, 4) is 11.5 Å². The molecule has 0 bridgehead atoms. The van der Waals surface area contributed by atoms with Crippen LogP contribution in [0.1, 0.15) is 37.5 Å². The van der Waals surface area contributed by atoms with E-state index in [9.17, 15) is 4.79 Å². The summed E-state index contributed by atoms with van der Waals surface area (Å²) in [5.41, 5.74) is 3.12. The number of para-hydroxylation sites is 1. The Hall–Kier alpha value is -3.27. The summed E-state index contributed by atoms with van der Waals surface area (Å²) in [6.07, 6.45) is 0.663. The van der Waals surface area contributed by atoms with E-state index in [1.54, 1.807) is 6.92 Å². The van der Waals surface area contributed by atoms with E-state index in [1.807, 2.05) is 83.8 Å². The molecular weight excluding hydrogens is 362 g/mol. The number of amides is 1. The molecule has 1 amide bonds. The van der Waals surface area contributed by atoms with Crippen LogP contribution < -0.4 is 14.4 Å². The molecule has 29 heavy (non-hydrogen) atoms. The number of nitrogens with zero attached hydrogens (tertiary/aromatic N) is 1. The fraction of sp³-hybridized carbons (Fsp3) is 0.240. The Morgan fingerprint density at radius 1 is 0.931 bits per heavy atom. The number of carbonyl (C=O) groups excluding carboxylic acids is 1. The van der Waals surface area contributed by atoms with E-state index in [-0.39, 0.29) is 18.1 Å². The molecule has 148 valence electrons. The first-order chi connectivity index (χ1) is 14.1. The van der Waals surface area contributed by atoms with Crippen molar-refractivity contribution in [3.05, 3.63) is 90.0 Å². The third-order valence-electron chi connectivity index (χ3n) is 5.23. The second-order valence-corrected chi connectivity index (χ2v) is 7.38. The molecule has 0 fully saturated rings. The molecule has 4 heteroatoms. The summed E-state index contributed by atoms with van der Waals surface area (Å²) in [5.74, 6) is 1.66.